The number of benzene rings is 1. The molecular weight excluding hydrogens is 440 g/mol. The van der Waals surface area contributed by atoms with E-state index in [1.54, 1.807) is 32.9 Å². The molecule has 0 unspecified atom stereocenters. The van der Waals surface area contributed by atoms with Crippen molar-refractivity contribution < 1.29 is 32.6 Å². The summed E-state index contributed by atoms with van der Waals surface area (Å²) in [6.45, 7) is 1.45. The second kappa shape index (κ2) is 10.0. The Morgan fingerprint density at radius 2 is 1.79 bits per heavy atom. The zero-order valence-corrected chi connectivity index (χ0v) is 18.3. The number of hydrogen-bond acceptors (Lipinski definition) is 8. The van der Waals surface area contributed by atoms with Crippen LogP contribution in [0.15, 0.2) is 30.3 Å². The van der Waals surface area contributed by atoms with Crippen molar-refractivity contribution in [3.63, 3.8) is 0 Å². The summed E-state index contributed by atoms with van der Waals surface area (Å²) in [5.41, 5.74) is 1.72. The van der Waals surface area contributed by atoms with E-state index in [4.69, 9.17) is 9.47 Å². The molecule has 12 heteroatoms. The molecule has 0 saturated carbocycles. The Morgan fingerprint density at radius 3 is 2.42 bits per heavy atom. The van der Waals surface area contributed by atoms with E-state index < -0.39 is 30.8 Å². The Balaban J connectivity index is 1.73. The van der Waals surface area contributed by atoms with Crippen LogP contribution in [0, 0.1) is 20.8 Å². The number of nitrogens with one attached hydrogen (secondary N) is 1. The van der Waals surface area contributed by atoms with Crippen molar-refractivity contribution in [2.75, 3.05) is 19.0 Å². The van der Waals surface area contributed by atoms with Crippen LogP contribution in [0.1, 0.15) is 27.4 Å². The van der Waals surface area contributed by atoms with Crippen LogP contribution in [0.3, 0.4) is 0 Å². The molecule has 1 aromatic carbocycles. The van der Waals surface area contributed by atoms with E-state index >= 15 is 0 Å². The number of halogens is 2. The number of para-hydroxylation sites is 1. The molecule has 0 saturated heterocycles. The van der Waals surface area contributed by atoms with Gasteiger partial charge in [-0.25, -0.2) is 14.8 Å². The van der Waals surface area contributed by atoms with Crippen LogP contribution >= 0.6 is 0 Å². The number of alkyl halides is 2. The van der Waals surface area contributed by atoms with Gasteiger partial charge in [-0.3, -0.25) is 4.79 Å². The summed E-state index contributed by atoms with van der Waals surface area (Å²) in [6, 6.07) is 7.36. The highest BCUT2D eigenvalue weighted by Gasteiger charge is 2.22. The van der Waals surface area contributed by atoms with Gasteiger partial charge in [0.25, 0.3) is 11.9 Å². The van der Waals surface area contributed by atoms with Gasteiger partial charge in [0.1, 0.15) is 11.4 Å². The number of hydrogen-bond donors (Lipinski definition) is 1. The Kier molecular flexibility index (Phi) is 7.16. The molecule has 1 N–H and O–H groups in total. The number of ether oxygens (including phenoxy) is 3. The zero-order valence-electron chi connectivity index (χ0n) is 18.3. The summed E-state index contributed by atoms with van der Waals surface area (Å²) in [7, 11) is 1.24. The lowest BCUT2D eigenvalue weighted by atomic mass is 10.2. The molecule has 10 nitrogen and oxygen atoms in total. The predicted octanol–water partition coefficient (Wildman–Crippen LogP) is 2.99. The fourth-order valence-corrected chi connectivity index (χ4v) is 2.98. The largest absolute Gasteiger partial charge is 0.493 e. The Labute approximate surface area is 187 Å². The predicted molar refractivity (Wildman–Crippen MR) is 112 cm³/mol. The lowest BCUT2D eigenvalue weighted by Crippen LogP contribution is -2.23. The van der Waals surface area contributed by atoms with E-state index in [1.807, 2.05) is 0 Å². The first-order valence-corrected chi connectivity index (χ1v) is 9.66. The number of esters is 1. The monoisotopic (exact) mass is 461 g/mol. The second-order valence-corrected chi connectivity index (χ2v) is 6.87. The normalized spacial score (nSPS) is 10.8. The SMILES string of the molecule is COc1cccc(C(=O)OCC(=O)Nc2cc(C)nn2-c2nc(C)cc(C)n2)c1OC(F)F. The van der Waals surface area contributed by atoms with Crippen molar-refractivity contribution in [1.82, 2.24) is 19.7 Å². The summed E-state index contributed by atoms with van der Waals surface area (Å²) in [4.78, 5) is 33.5. The van der Waals surface area contributed by atoms with Crippen molar-refractivity contribution in [2.45, 2.75) is 27.4 Å². The van der Waals surface area contributed by atoms with Crippen LogP contribution in [0.4, 0.5) is 14.6 Å². The highest BCUT2D eigenvalue weighted by atomic mass is 19.3. The fraction of sp³-hybridized carbons (Fsp3) is 0.286. The number of anilines is 1. The van der Waals surface area contributed by atoms with Crippen LogP contribution in [-0.2, 0) is 9.53 Å². The molecule has 0 aliphatic rings. The lowest BCUT2D eigenvalue weighted by molar-refractivity contribution is -0.119. The number of rotatable bonds is 8. The maximum Gasteiger partial charge on any atom is 0.387 e. The van der Waals surface area contributed by atoms with Crippen LogP contribution < -0.4 is 14.8 Å². The molecule has 0 aliphatic heterocycles. The third kappa shape index (κ3) is 5.79. The third-order valence-corrected chi connectivity index (χ3v) is 4.22. The van der Waals surface area contributed by atoms with E-state index in [0.29, 0.717) is 5.69 Å². The van der Waals surface area contributed by atoms with Gasteiger partial charge in [0.15, 0.2) is 18.1 Å². The minimum absolute atomic E-state index is 0.0815. The number of methoxy groups -OCH3 is 1. The molecule has 1 amide bonds. The average Bonchev–Trinajstić information content (AvgIpc) is 3.11. The second-order valence-electron chi connectivity index (χ2n) is 6.87. The molecule has 0 bridgehead atoms. The Morgan fingerprint density at radius 1 is 1.09 bits per heavy atom. The topological polar surface area (TPSA) is 117 Å². The van der Waals surface area contributed by atoms with Crippen molar-refractivity contribution in [1.29, 1.82) is 0 Å². The van der Waals surface area contributed by atoms with E-state index in [1.165, 1.54) is 30.0 Å². The highest BCUT2D eigenvalue weighted by molar-refractivity contribution is 5.97. The molecule has 2 aromatic heterocycles. The highest BCUT2D eigenvalue weighted by Crippen LogP contribution is 2.32. The minimum Gasteiger partial charge on any atom is -0.493 e. The Bertz CT molecular complexity index is 1160. The van der Waals surface area contributed by atoms with Crippen molar-refractivity contribution in [3.8, 4) is 17.4 Å². The van der Waals surface area contributed by atoms with Gasteiger partial charge in [-0.05, 0) is 39.0 Å². The van der Waals surface area contributed by atoms with Gasteiger partial charge in [0.2, 0.25) is 0 Å². The average molecular weight is 461 g/mol. The van der Waals surface area contributed by atoms with Crippen molar-refractivity contribution >= 4 is 17.7 Å². The summed E-state index contributed by atoms with van der Waals surface area (Å²) in [5.74, 6) is -1.77. The van der Waals surface area contributed by atoms with Gasteiger partial charge in [-0.15, -0.1) is 0 Å². The van der Waals surface area contributed by atoms with Crippen molar-refractivity contribution in [2.24, 2.45) is 0 Å². The molecule has 3 rings (SSSR count). The number of aryl methyl sites for hydroxylation is 3. The minimum atomic E-state index is -3.19. The molecule has 3 aromatic rings. The van der Waals surface area contributed by atoms with Crippen molar-refractivity contribution in [3.05, 3.63) is 53.0 Å². The van der Waals surface area contributed by atoms with Gasteiger partial charge in [0.05, 0.1) is 12.8 Å². The van der Waals surface area contributed by atoms with Gasteiger partial charge >= 0.3 is 12.6 Å². The molecule has 0 atom stereocenters. The molecule has 33 heavy (non-hydrogen) atoms. The van der Waals surface area contributed by atoms with Crippen LogP contribution in [0.2, 0.25) is 0 Å². The van der Waals surface area contributed by atoms with Gasteiger partial charge < -0.3 is 19.5 Å². The summed E-state index contributed by atoms with van der Waals surface area (Å²) < 4.78 is 41.2. The maximum atomic E-state index is 12.8. The maximum absolute atomic E-state index is 12.8. The van der Waals surface area contributed by atoms with Crippen LogP contribution in [-0.4, -0.2) is 52.0 Å². The molecule has 0 spiro atoms. The number of carbonyl (C=O) groups excluding carboxylic acids is 2. The van der Waals surface area contributed by atoms with Gasteiger partial charge in [0, 0.05) is 17.5 Å². The van der Waals surface area contributed by atoms with Gasteiger partial charge in [-0.1, -0.05) is 6.07 Å². The summed E-state index contributed by atoms with van der Waals surface area (Å²) >= 11 is 0. The number of nitrogens with zero attached hydrogens (tertiary/aromatic N) is 4. The first-order chi connectivity index (χ1) is 15.7. The first kappa shape index (κ1) is 23.6. The molecular formula is C21H21F2N5O5. The van der Waals surface area contributed by atoms with E-state index in [-0.39, 0.29) is 23.1 Å². The number of aromatic nitrogens is 4. The van der Waals surface area contributed by atoms with E-state index in [0.717, 1.165) is 11.4 Å². The zero-order chi connectivity index (χ0) is 24.1. The van der Waals surface area contributed by atoms with E-state index in [2.05, 4.69) is 25.1 Å². The summed E-state index contributed by atoms with van der Waals surface area (Å²) in [6.07, 6.45) is 0. The van der Waals surface area contributed by atoms with E-state index in [9.17, 15) is 18.4 Å². The lowest BCUT2D eigenvalue weighted by Gasteiger charge is -2.14. The molecule has 0 aliphatic carbocycles. The molecule has 0 radical (unpaired) electrons. The number of carbonyl (C=O) groups is 2. The summed E-state index contributed by atoms with van der Waals surface area (Å²) in [5, 5.41) is 6.86. The fourth-order valence-electron chi connectivity index (χ4n) is 2.98. The molecule has 2 heterocycles. The third-order valence-electron chi connectivity index (χ3n) is 4.22. The molecule has 174 valence electrons. The quantitative estimate of drug-likeness (QED) is 0.509. The van der Waals surface area contributed by atoms with Gasteiger partial charge in [-0.2, -0.15) is 18.6 Å². The van der Waals surface area contributed by atoms with Crippen LogP contribution in [0.5, 0.6) is 11.5 Å². The number of amides is 1. The smallest absolute Gasteiger partial charge is 0.387 e. The first-order valence-electron chi connectivity index (χ1n) is 9.66. The molecule has 0 fully saturated rings. The standard InChI is InChI=1S/C21H21F2N5O5/c1-11-8-12(2)25-21(24-11)28-16(9-13(3)27-28)26-17(29)10-32-19(30)14-6-5-7-15(31-4)18(14)33-20(22)23/h5-9,20H,10H2,1-4H3,(H,26,29). The van der Waals surface area contributed by atoms with Crippen LogP contribution in [0.25, 0.3) is 5.95 Å². The Hall–Kier alpha value is -4.09.